The highest BCUT2D eigenvalue weighted by molar-refractivity contribution is 6.31. The quantitative estimate of drug-likeness (QED) is 0.682. The van der Waals surface area contributed by atoms with Crippen molar-refractivity contribution in [2.75, 3.05) is 0 Å². The Labute approximate surface area is 99.4 Å². The van der Waals surface area contributed by atoms with Crippen LogP contribution in [0.3, 0.4) is 0 Å². The molecule has 0 radical (unpaired) electrons. The standard InChI is InChI=1S/C13H12ClNO/c1-13(2,3)12-9-6-8(14)4-5-10(9)16-11(12)7-15/h4-6H,1-3H3. The molecule has 0 bridgehead atoms. The van der Waals surface area contributed by atoms with E-state index in [1.807, 2.05) is 6.07 Å². The highest BCUT2D eigenvalue weighted by atomic mass is 35.5. The van der Waals surface area contributed by atoms with Crippen LogP contribution in [0, 0.1) is 11.3 Å². The average molecular weight is 234 g/mol. The highest BCUT2D eigenvalue weighted by Gasteiger charge is 2.25. The van der Waals surface area contributed by atoms with Gasteiger partial charge in [0, 0.05) is 16.0 Å². The number of nitriles is 1. The van der Waals surface area contributed by atoms with E-state index < -0.39 is 0 Å². The summed E-state index contributed by atoms with van der Waals surface area (Å²) in [7, 11) is 0. The summed E-state index contributed by atoms with van der Waals surface area (Å²) in [6.45, 7) is 6.16. The van der Waals surface area contributed by atoms with Gasteiger partial charge in [-0.1, -0.05) is 32.4 Å². The fourth-order valence-corrected chi connectivity index (χ4v) is 2.07. The predicted octanol–water partition coefficient (Wildman–Crippen LogP) is 4.26. The van der Waals surface area contributed by atoms with Crippen LogP contribution in [0.15, 0.2) is 22.6 Å². The van der Waals surface area contributed by atoms with Gasteiger partial charge in [-0.2, -0.15) is 5.26 Å². The van der Waals surface area contributed by atoms with Crippen LogP contribution < -0.4 is 0 Å². The molecule has 2 rings (SSSR count). The molecule has 16 heavy (non-hydrogen) atoms. The lowest BCUT2D eigenvalue weighted by atomic mass is 9.85. The van der Waals surface area contributed by atoms with Crippen LogP contribution >= 0.6 is 11.6 Å². The van der Waals surface area contributed by atoms with E-state index in [0.717, 1.165) is 10.9 Å². The van der Waals surface area contributed by atoms with Crippen molar-refractivity contribution < 1.29 is 4.42 Å². The van der Waals surface area contributed by atoms with E-state index >= 15 is 0 Å². The summed E-state index contributed by atoms with van der Waals surface area (Å²) in [4.78, 5) is 0. The lowest BCUT2D eigenvalue weighted by molar-refractivity contribution is 0.546. The molecular weight excluding hydrogens is 222 g/mol. The molecule has 1 aromatic heterocycles. The Hall–Kier alpha value is -1.46. The van der Waals surface area contributed by atoms with Crippen molar-refractivity contribution in [2.45, 2.75) is 26.2 Å². The molecule has 2 nitrogen and oxygen atoms in total. The maximum Gasteiger partial charge on any atom is 0.208 e. The highest BCUT2D eigenvalue weighted by Crippen LogP contribution is 2.36. The molecule has 0 fully saturated rings. The number of fused-ring (bicyclic) bond motifs is 1. The molecule has 0 aliphatic rings. The first-order valence-electron chi connectivity index (χ1n) is 5.06. The SMILES string of the molecule is CC(C)(C)c1c(C#N)oc2ccc(Cl)cc12. The maximum atomic E-state index is 9.08. The van der Waals surface area contributed by atoms with Gasteiger partial charge in [0.25, 0.3) is 0 Å². The summed E-state index contributed by atoms with van der Waals surface area (Å²) in [6, 6.07) is 7.51. The number of nitrogens with zero attached hydrogens (tertiary/aromatic N) is 1. The first-order chi connectivity index (χ1) is 7.43. The van der Waals surface area contributed by atoms with Crippen molar-refractivity contribution in [1.29, 1.82) is 5.26 Å². The summed E-state index contributed by atoms with van der Waals surface area (Å²) in [5.41, 5.74) is 1.50. The summed E-state index contributed by atoms with van der Waals surface area (Å²) in [5.74, 6) is 0.379. The molecule has 3 heteroatoms. The normalized spacial score (nSPS) is 11.7. The van der Waals surface area contributed by atoms with Gasteiger partial charge >= 0.3 is 0 Å². The van der Waals surface area contributed by atoms with Crippen LogP contribution in [-0.2, 0) is 5.41 Å². The van der Waals surface area contributed by atoms with Crippen LogP contribution in [0.25, 0.3) is 11.0 Å². The first-order valence-corrected chi connectivity index (χ1v) is 5.44. The van der Waals surface area contributed by atoms with E-state index in [1.54, 1.807) is 12.1 Å². The van der Waals surface area contributed by atoms with Crippen molar-refractivity contribution in [2.24, 2.45) is 0 Å². The molecule has 0 aliphatic heterocycles. The van der Waals surface area contributed by atoms with E-state index in [2.05, 4.69) is 26.8 Å². The second-order valence-corrected chi connectivity index (χ2v) is 5.24. The zero-order valence-electron chi connectivity index (χ0n) is 9.47. The molecule has 0 saturated heterocycles. The molecule has 0 aliphatic carbocycles. The topological polar surface area (TPSA) is 36.9 Å². The van der Waals surface area contributed by atoms with Crippen LogP contribution in [0.1, 0.15) is 32.1 Å². The molecule has 0 N–H and O–H groups in total. The molecule has 1 aromatic carbocycles. The number of hydrogen-bond acceptors (Lipinski definition) is 2. The first kappa shape index (κ1) is 11.0. The summed E-state index contributed by atoms with van der Waals surface area (Å²) in [5, 5.41) is 10.7. The second kappa shape index (κ2) is 3.54. The van der Waals surface area contributed by atoms with Gasteiger partial charge in [0.2, 0.25) is 5.76 Å². The molecule has 1 heterocycles. The number of hydrogen-bond donors (Lipinski definition) is 0. The minimum atomic E-state index is -0.138. The molecule has 0 spiro atoms. The van der Waals surface area contributed by atoms with E-state index in [0.29, 0.717) is 16.4 Å². The lowest BCUT2D eigenvalue weighted by Crippen LogP contribution is -2.11. The van der Waals surface area contributed by atoms with Gasteiger partial charge in [-0.05, 0) is 23.6 Å². The van der Waals surface area contributed by atoms with Gasteiger partial charge in [0.1, 0.15) is 11.7 Å². The zero-order chi connectivity index (χ0) is 11.9. The van der Waals surface area contributed by atoms with E-state index in [1.165, 1.54) is 0 Å². The van der Waals surface area contributed by atoms with Crippen molar-refractivity contribution in [3.8, 4) is 6.07 Å². The fraction of sp³-hybridized carbons (Fsp3) is 0.308. The number of benzene rings is 1. The Bertz CT molecular complexity index is 584. The maximum absolute atomic E-state index is 9.08. The van der Waals surface area contributed by atoms with Crippen LogP contribution in [-0.4, -0.2) is 0 Å². The van der Waals surface area contributed by atoms with Crippen LogP contribution in [0.4, 0.5) is 0 Å². The molecule has 0 saturated carbocycles. The third-order valence-electron chi connectivity index (χ3n) is 2.50. The monoisotopic (exact) mass is 233 g/mol. The molecule has 0 amide bonds. The van der Waals surface area contributed by atoms with Crippen molar-refractivity contribution in [1.82, 2.24) is 0 Å². The smallest absolute Gasteiger partial charge is 0.208 e. The molecule has 0 unspecified atom stereocenters. The van der Waals surface area contributed by atoms with Gasteiger partial charge in [-0.3, -0.25) is 0 Å². The Morgan fingerprint density at radius 3 is 2.56 bits per heavy atom. The van der Waals surface area contributed by atoms with E-state index in [4.69, 9.17) is 21.3 Å². The van der Waals surface area contributed by atoms with Crippen molar-refractivity contribution in [3.63, 3.8) is 0 Å². The Morgan fingerprint density at radius 1 is 1.31 bits per heavy atom. The number of rotatable bonds is 0. The Kier molecular flexibility index (Phi) is 2.44. The summed E-state index contributed by atoms with van der Waals surface area (Å²) in [6.07, 6.45) is 0. The van der Waals surface area contributed by atoms with Gasteiger partial charge in [-0.15, -0.1) is 0 Å². The van der Waals surface area contributed by atoms with Crippen molar-refractivity contribution >= 4 is 22.6 Å². The largest absolute Gasteiger partial charge is 0.445 e. The van der Waals surface area contributed by atoms with Crippen LogP contribution in [0.5, 0.6) is 0 Å². The van der Waals surface area contributed by atoms with Gasteiger partial charge in [0.05, 0.1) is 0 Å². The lowest BCUT2D eigenvalue weighted by Gasteiger charge is -2.17. The average Bonchev–Trinajstić information content (AvgIpc) is 2.54. The van der Waals surface area contributed by atoms with Crippen molar-refractivity contribution in [3.05, 3.63) is 34.5 Å². The molecular formula is C13H12ClNO. The fourth-order valence-electron chi connectivity index (χ4n) is 1.89. The molecule has 2 aromatic rings. The zero-order valence-corrected chi connectivity index (χ0v) is 10.2. The predicted molar refractivity (Wildman–Crippen MR) is 64.6 cm³/mol. The van der Waals surface area contributed by atoms with Gasteiger partial charge in [0.15, 0.2) is 0 Å². The number of halogens is 1. The molecule has 82 valence electrons. The number of furan rings is 1. The minimum Gasteiger partial charge on any atom is -0.445 e. The third-order valence-corrected chi connectivity index (χ3v) is 2.74. The summed E-state index contributed by atoms with van der Waals surface area (Å²) >= 11 is 5.97. The van der Waals surface area contributed by atoms with Gasteiger partial charge < -0.3 is 4.42 Å². The Morgan fingerprint density at radius 2 is 2.00 bits per heavy atom. The second-order valence-electron chi connectivity index (χ2n) is 4.81. The van der Waals surface area contributed by atoms with Crippen LogP contribution in [0.2, 0.25) is 5.02 Å². The molecule has 0 atom stereocenters. The van der Waals surface area contributed by atoms with E-state index in [-0.39, 0.29) is 5.41 Å². The van der Waals surface area contributed by atoms with E-state index in [9.17, 15) is 0 Å². The Balaban J connectivity index is 2.88. The minimum absolute atomic E-state index is 0.138. The summed E-state index contributed by atoms with van der Waals surface area (Å²) < 4.78 is 5.51. The third kappa shape index (κ3) is 1.68. The van der Waals surface area contributed by atoms with Gasteiger partial charge in [-0.25, -0.2) is 0 Å².